The van der Waals surface area contributed by atoms with Gasteiger partial charge in [-0.2, -0.15) is 0 Å². The molecule has 1 aromatic rings. The van der Waals surface area contributed by atoms with Gasteiger partial charge in [-0.3, -0.25) is 9.80 Å². The first kappa shape index (κ1) is 14.4. The van der Waals surface area contributed by atoms with Crippen molar-refractivity contribution in [2.75, 3.05) is 39.3 Å². The maximum absolute atomic E-state index is 5.82. The number of rotatable bonds is 5. The SMILES string of the molecule is Brc1cccc(OCCN2CCC(N3CCCC3)C2)c1. The zero-order valence-corrected chi connectivity index (χ0v) is 13.5. The maximum atomic E-state index is 5.82. The predicted octanol–water partition coefficient (Wildman–Crippen LogP) is 3.00. The summed E-state index contributed by atoms with van der Waals surface area (Å²) >= 11 is 3.47. The van der Waals surface area contributed by atoms with Gasteiger partial charge in [0.2, 0.25) is 0 Å². The second-order valence-electron chi connectivity index (χ2n) is 5.79. The summed E-state index contributed by atoms with van der Waals surface area (Å²) in [6.07, 6.45) is 4.11. The first-order valence-corrected chi connectivity index (χ1v) is 8.45. The highest BCUT2D eigenvalue weighted by Crippen LogP contribution is 2.21. The molecule has 1 aromatic carbocycles. The molecule has 1 atom stereocenters. The summed E-state index contributed by atoms with van der Waals surface area (Å²) in [7, 11) is 0. The minimum atomic E-state index is 0.781. The third-order valence-corrected chi connectivity index (χ3v) is 4.87. The van der Waals surface area contributed by atoms with E-state index in [9.17, 15) is 0 Å². The van der Waals surface area contributed by atoms with Crippen LogP contribution < -0.4 is 4.74 Å². The molecule has 20 heavy (non-hydrogen) atoms. The van der Waals surface area contributed by atoms with Gasteiger partial charge in [0, 0.05) is 23.6 Å². The molecule has 0 spiro atoms. The van der Waals surface area contributed by atoms with E-state index in [2.05, 4.69) is 25.7 Å². The summed E-state index contributed by atoms with van der Waals surface area (Å²) in [5, 5.41) is 0. The minimum absolute atomic E-state index is 0.781. The second-order valence-corrected chi connectivity index (χ2v) is 6.71. The molecule has 0 N–H and O–H groups in total. The Labute approximate surface area is 130 Å². The number of benzene rings is 1. The summed E-state index contributed by atoms with van der Waals surface area (Å²) in [5.74, 6) is 0.953. The number of halogens is 1. The van der Waals surface area contributed by atoms with Gasteiger partial charge >= 0.3 is 0 Å². The average molecular weight is 339 g/mol. The molecule has 0 aliphatic carbocycles. The average Bonchev–Trinajstić information content (AvgIpc) is 3.09. The summed E-state index contributed by atoms with van der Waals surface area (Å²) in [6, 6.07) is 8.87. The van der Waals surface area contributed by atoms with Crippen molar-refractivity contribution in [1.82, 2.24) is 9.80 Å². The number of likely N-dealkylation sites (tertiary alicyclic amines) is 2. The van der Waals surface area contributed by atoms with Gasteiger partial charge in [-0.1, -0.05) is 22.0 Å². The molecule has 0 aromatic heterocycles. The van der Waals surface area contributed by atoms with Crippen LogP contribution in [0.2, 0.25) is 0 Å². The fourth-order valence-corrected chi connectivity index (χ4v) is 3.65. The Kier molecular flexibility index (Phi) is 4.97. The molecule has 2 aliphatic heterocycles. The molecular weight excluding hydrogens is 316 g/mol. The molecule has 2 heterocycles. The van der Waals surface area contributed by atoms with Gasteiger partial charge < -0.3 is 4.74 Å². The van der Waals surface area contributed by atoms with Crippen molar-refractivity contribution in [2.24, 2.45) is 0 Å². The zero-order chi connectivity index (χ0) is 13.8. The number of hydrogen-bond donors (Lipinski definition) is 0. The van der Waals surface area contributed by atoms with E-state index in [0.717, 1.165) is 29.4 Å². The molecule has 3 nitrogen and oxygen atoms in total. The van der Waals surface area contributed by atoms with Gasteiger partial charge in [-0.05, 0) is 57.1 Å². The van der Waals surface area contributed by atoms with Crippen LogP contribution in [0.1, 0.15) is 19.3 Å². The van der Waals surface area contributed by atoms with Crippen molar-refractivity contribution in [3.05, 3.63) is 28.7 Å². The van der Waals surface area contributed by atoms with E-state index in [-0.39, 0.29) is 0 Å². The zero-order valence-electron chi connectivity index (χ0n) is 11.9. The molecule has 0 bridgehead atoms. The van der Waals surface area contributed by atoms with Crippen LogP contribution in [0.5, 0.6) is 5.75 Å². The highest BCUT2D eigenvalue weighted by atomic mass is 79.9. The summed E-state index contributed by atoms with van der Waals surface area (Å²) < 4.78 is 6.90. The van der Waals surface area contributed by atoms with Crippen LogP contribution in [0.4, 0.5) is 0 Å². The molecule has 3 rings (SSSR count). The van der Waals surface area contributed by atoms with Crippen molar-refractivity contribution in [3.63, 3.8) is 0 Å². The third kappa shape index (κ3) is 3.74. The summed E-state index contributed by atoms with van der Waals surface area (Å²) in [4.78, 5) is 5.22. The molecule has 0 saturated carbocycles. The van der Waals surface area contributed by atoms with E-state index in [1.54, 1.807) is 0 Å². The molecule has 2 saturated heterocycles. The van der Waals surface area contributed by atoms with E-state index in [4.69, 9.17) is 4.74 Å². The van der Waals surface area contributed by atoms with Crippen LogP contribution in [0.3, 0.4) is 0 Å². The lowest BCUT2D eigenvalue weighted by Crippen LogP contribution is -2.36. The van der Waals surface area contributed by atoms with E-state index in [1.807, 2.05) is 24.3 Å². The van der Waals surface area contributed by atoms with Crippen LogP contribution >= 0.6 is 15.9 Å². The second kappa shape index (κ2) is 6.92. The molecular formula is C16H23BrN2O. The van der Waals surface area contributed by atoms with Crippen LogP contribution in [0.15, 0.2) is 28.7 Å². The Bertz CT molecular complexity index is 434. The topological polar surface area (TPSA) is 15.7 Å². The van der Waals surface area contributed by atoms with E-state index in [0.29, 0.717) is 0 Å². The fraction of sp³-hybridized carbons (Fsp3) is 0.625. The Morgan fingerprint density at radius 1 is 1.20 bits per heavy atom. The largest absolute Gasteiger partial charge is 0.492 e. The lowest BCUT2D eigenvalue weighted by molar-refractivity contribution is 0.207. The molecule has 2 fully saturated rings. The summed E-state index contributed by atoms with van der Waals surface area (Å²) in [6.45, 7) is 6.89. The van der Waals surface area contributed by atoms with Crippen LogP contribution in [0, 0.1) is 0 Å². The van der Waals surface area contributed by atoms with Gasteiger partial charge in [-0.25, -0.2) is 0 Å². The quantitative estimate of drug-likeness (QED) is 0.820. The van der Waals surface area contributed by atoms with Gasteiger partial charge in [-0.15, -0.1) is 0 Å². The number of ether oxygens (including phenoxy) is 1. The first-order valence-electron chi connectivity index (χ1n) is 7.66. The van der Waals surface area contributed by atoms with Crippen LogP contribution in [0.25, 0.3) is 0 Å². The molecule has 1 unspecified atom stereocenters. The van der Waals surface area contributed by atoms with Gasteiger partial charge in [0.15, 0.2) is 0 Å². The molecule has 0 radical (unpaired) electrons. The van der Waals surface area contributed by atoms with Crippen molar-refractivity contribution in [3.8, 4) is 5.75 Å². The standard InChI is InChI=1S/C16H23BrN2O/c17-14-4-3-5-16(12-14)20-11-10-18-9-6-15(13-18)19-7-1-2-8-19/h3-5,12,15H,1-2,6-11,13H2. The van der Waals surface area contributed by atoms with Crippen molar-refractivity contribution in [2.45, 2.75) is 25.3 Å². The van der Waals surface area contributed by atoms with Crippen molar-refractivity contribution < 1.29 is 4.74 Å². The van der Waals surface area contributed by atoms with E-state index >= 15 is 0 Å². The van der Waals surface area contributed by atoms with Crippen molar-refractivity contribution >= 4 is 15.9 Å². The van der Waals surface area contributed by atoms with E-state index in [1.165, 1.54) is 45.4 Å². The van der Waals surface area contributed by atoms with Gasteiger partial charge in [0.05, 0.1) is 0 Å². The Morgan fingerprint density at radius 3 is 2.85 bits per heavy atom. The number of nitrogens with zero attached hydrogens (tertiary/aromatic N) is 2. The van der Waals surface area contributed by atoms with Crippen molar-refractivity contribution in [1.29, 1.82) is 0 Å². The van der Waals surface area contributed by atoms with Gasteiger partial charge in [0.1, 0.15) is 12.4 Å². The van der Waals surface area contributed by atoms with Crippen LogP contribution in [-0.2, 0) is 0 Å². The molecule has 4 heteroatoms. The normalized spacial score (nSPS) is 24.4. The highest BCUT2D eigenvalue weighted by Gasteiger charge is 2.28. The number of hydrogen-bond acceptors (Lipinski definition) is 3. The first-order chi connectivity index (χ1) is 9.81. The van der Waals surface area contributed by atoms with Crippen LogP contribution in [-0.4, -0.2) is 55.2 Å². The molecule has 110 valence electrons. The van der Waals surface area contributed by atoms with Gasteiger partial charge in [0.25, 0.3) is 0 Å². The lowest BCUT2D eigenvalue weighted by Gasteiger charge is -2.23. The van der Waals surface area contributed by atoms with E-state index < -0.39 is 0 Å². The lowest BCUT2D eigenvalue weighted by atomic mass is 10.2. The predicted molar refractivity (Wildman–Crippen MR) is 85.3 cm³/mol. The Morgan fingerprint density at radius 2 is 2.05 bits per heavy atom. The Balaban J connectivity index is 1.39. The third-order valence-electron chi connectivity index (χ3n) is 4.38. The minimum Gasteiger partial charge on any atom is -0.492 e. The Hall–Kier alpha value is -0.580. The fourth-order valence-electron chi connectivity index (χ4n) is 3.27. The monoisotopic (exact) mass is 338 g/mol. The molecule has 0 amide bonds. The summed E-state index contributed by atoms with van der Waals surface area (Å²) in [5.41, 5.74) is 0. The molecule has 2 aliphatic rings. The smallest absolute Gasteiger partial charge is 0.120 e. The highest BCUT2D eigenvalue weighted by molar-refractivity contribution is 9.10. The maximum Gasteiger partial charge on any atom is 0.120 e.